The highest BCUT2D eigenvalue weighted by atomic mass is 16.3. The Morgan fingerprint density at radius 2 is 2.00 bits per heavy atom. The number of hydrogen-bond acceptors (Lipinski definition) is 4. The third-order valence-electron chi connectivity index (χ3n) is 3.41. The van der Waals surface area contributed by atoms with Gasteiger partial charge < -0.3 is 5.11 Å². The fraction of sp³-hybridized carbons (Fsp3) is 0.294. The van der Waals surface area contributed by atoms with E-state index in [1.165, 1.54) is 0 Å². The summed E-state index contributed by atoms with van der Waals surface area (Å²) in [6.07, 6.45) is 1.21. The molecule has 1 atom stereocenters. The van der Waals surface area contributed by atoms with Crippen LogP contribution in [0.4, 0.5) is 0 Å². The summed E-state index contributed by atoms with van der Waals surface area (Å²) in [5.74, 6) is 0. The van der Waals surface area contributed by atoms with Crippen molar-refractivity contribution < 1.29 is 5.11 Å². The molecule has 2 aromatic rings. The molecule has 1 N–H and O–H groups in total. The maximum absolute atomic E-state index is 10.3. The number of nitriles is 1. The predicted octanol–water partition coefficient (Wildman–Crippen LogP) is 2.51. The Hall–Kier alpha value is -2.22. The van der Waals surface area contributed by atoms with Crippen LogP contribution >= 0.6 is 0 Å². The summed E-state index contributed by atoms with van der Waals surface area (Å²) in [7, 11) is 0. The first-order chi connectivity index (χ1) is 10.2. The minimum Gasteiger partial charge on any atom is -0.387 e. The first-order valence-corrected chi connectivity index (χ1v) is 7.03. The summed E-state index contributed by atoms with van der Waals surface area (Å²) in [5, 5.41) is 19.1. The molecule has 1 unspecified atom stereocenters. The highest BCUT2D eigenvalue weighted by Crippen LogP contribution is 2.16. The van der Waals surface area contributed by atoms with Crippen LogP contribution < -0.4 is 0 Å². The molecule has 0 bridgehead atoms. The van der Waals surface area contributed by atoms with Crippen molar-refractivity contribution in [2.75, 3.05) is 13.1 Å². The van der Waals surface area contributed by atoms with Gasteiger partial charge in [-0.1, -0.05) is 25.1 Å². The summed E-state index contributed by atoms with van der Waals surface area (Å²) < 4.78 is 0. The molecule has 0 saturated heterocycles. The van der Waals surface area contributed by atoms with Crippen LogP contribution in [0.2, 0.25) is 0 Å². The van der Waals surface area contributed by atoms with Crippen molar-refractivity contribution in [2.24, 2.45) is 0 Å². The van der Waals surface area contributed by atoms with E-state index >= 15 is 0 Å². The number of nitrogens with zero attached hydrogens (tertiary/aromatic N) is 3. The lowest BCUT2D eigenvalue weighted by atomic mass is 10.1. The fourth-order valence-electron chi connectivity index (χ4n) is 2.16. The summed E-state index contributed by atoms with van der Waals surface area (Å²) in [4.78, 5) is 6.45. The van der Waals surface area contributed by atoms with Gasteiger partial charge in [-0.15, -0.1) is 0 Å². The highest BCUT2D eigenvalue weighted by molar-refractivity contribution is 5.32. The highest BCUT2D eigenvalue weighted by Gasteiger charge is 2.13. The Morgan fingerprint density at radius 3 is 2.57 bits per heavy atom. The van der Waals surface area contributed by atoms with Crippen molar-refractivity contribution >= 4 is 0 Å². The van der Waals surface area contributed by atoms with Gasteiger partial charge in [0.1, 0.15) is 0 Å². The first kappa shape index (κ1) is 15.2. The van der Waals surface area contributed by atoms with Gasteiger partial charge in [-0.25, -0.2) is 0 Å². The standard InChI is InChI=1S/C17H19N3O/c1-2-20(12-16-5-3-4-10-19-16)13-17(21)15-8-6-14(11-18)7-9-15/h3-10,17,21H,2,12-13H2,1H3. The van der Waals surface area contributed by atoms with Crippen molar-refractivity contribution in [3.63, 3.8) is 0 Å². The average molecular weight is 281 g/mol. The van der Waals surface area contributed by atoms with Crippen LogP contribution in [0.5, 0.6) is 0 Å². The van der Waals surface area contributed by atoms with E-state index in [0.717, 1.165) is 17.8 Å². The fourth-order valence-corrected chi connectivity index (χ4v) is 2.16. The molecule has 1 heterocycles. The number of aliphatic hydroxyl groups is 1. The maximum Gasteiger partial charge on any atom is 0.0991 e. The van der Waals surface area contributed by atoms with Gasteiger partial charge >= 0.3 is 0 Å². The number of aromatic nitrogens is 1. The molecule has 4 heteroatoms. The molecular formula is C17H19N3O. The zero-order chi connectivity index (χ0) is 15.1. The number of aliphatic hydroxyl groups excluding tert-OH is 1. The SMILES string of the molecule is CCN(Cc1ccccn1)CC(O)c1ccc(C#N)cc1. The molecule has 0 radical (unpaired) electrons. The van der Waals surface area contributed by atoms with E-state index in [-0.39, 0.29) is 0 Å². The van der Waals surface area contributed by atoms with Gasteiger partial charge in [-0.2, -0.15) is 5.26 Å². The zero-order valence-electron chi connectivity index (χ0n) is 12.1. The van der Waals surface area contributed by atoms with Gasteiger partial charge in [0.2, 0.25) is 0 Å². The summed E-state index contributed by atoms with van der Waals surface area (Å²) in [6.45, 7) is 4.15. The second kappa shape index (κ2) is 7.53. The van der Waals surface area contributed by atoms with E-state index in [9.17, 15) is 5.11 Å². The smallest absolute Gasteiger partial charge is 0.0991 e. The molecule has 0 spiro atoms. The number of rotatable bonds is 6. The van der Waals surface area contributed by atoms with Crippen LogP contribution in [0.3, 0.4) is 0 Å². The van der Waals surface area contributed by atoms with Gasteiger partial charge in [-0.3, -0.25) is 9.88 Å². The van der Waals surface area contributed by atoms with Gasteiger partial charge in [-0.05, 0) is 36.4 Å². The summed E-state index contributed by atoms with van der Waals surface area (Å²) in [6, 6.07) is 15.0. The molecule has 0 saturated carbocycles. The van der Waals surface area contributed by atoms with E-state index < -0.39 is 6.10 Å². The number of pyridine rings is 1. The quantitative estimate of drug-likeness (QED) is 0.883. The molecular weight excluding hydrogens is 262 g/mol. The molecule has 108 valence electrons. The molecule has 21 heavy (non-hydrogen) atoms. The third kappa shape index (κ3) is 4.38. The van der Waals surface area contributed by atoms with Crippen LogP contribution in [0.25, 0.3) is 0 Å². The van der Waals surface area contributed by atoms with Gasteiger partial charge in [0, 0.05) is 19.3 Å². The van der Waals surface area contributed by atoms with Crippen molar-refractivity contribution in [1.82, 2.24) is 9.88 Å². The molecule has 4 nitrogen and oxygen atoms in total. The second-order valence-corrected chi connectivity index (χ2v) is 4.90. The Bertz CT molecular complexity index is 590. The lowest BCUT2D eigenvalue weighted by Crippen LogP contribution is -2.28. The topological polar surface area (TPSA) is 60.1 Å². The first-order valence-electron chi connectivity index (χ1n) is 7.03. The summed E-state index contributed by atoms with van der Waals surface area (Å²) >= 11 is 0. The molecule has 0 aliphatic rings. The van der Waals surface area contributed by atoms with Crippen LogP contribution in [-0.2, 0) is 6.54 Å². The van der Waals surface area contributed by atoms with Crippen molar-refractivity contribution in [3.8, 4) is 6.07 Å². The van der Waals surface area contributed by atoms with E-state index in [4.69, 9.17) is 5.26 Å². The van der Waals surface area contributed by atoms with E-state index in [0.29, 0.717) is 18.7 Å². The van der Waals surface area contributed by atoms with Crippen LogP contribution in [0.15, 0.2) is 48.7 Å². The van der Waals surface area contributed by atoms with Crippen LogP contribution in [0.1, 0.15) is 29.8 Å². The predicted molar refractivity (Wildman–Crippen MR) is 81.3 cm³/mol. The lowest BCUT2D eigenvalue weighted by molar-refractivity contribution is 0.111. The van der Waals surface area contributed by atoms with Crippen LogP contribution in [0, 0.1) is 11.3 Å². The van der Waals surface area contributed by atoms with Crippen molar-refractivity contribution in [2.45, 2.75) is 19.6 Å². The number of hydrogen-bond donors (Lipinski definition) is 1. The average Bonchev–Trinajstić information content (AvgIpc) is 2.55. The molecule has 0 aliphatic heterocycles. The number of benzene rings is 1. The molecule has 0 fully saturated rings. The second-order valence-electron chi connectivity index (χ2n) is 4.90. The van der Waals surface area contributed by atoms with E-state index in [2.05, 4.69) is 22.9 Å². The Balaban J connectivity index is 1.98. The Labute approximate surface area is 125 Å². The van der Waals surface area contributed by atoms with Crippen LogP contribution in [-0.4, -0.2) is 28.1 Å². The minimum absolute atomic E-state index is 0.541. The van der Waals surface area contributed by atoms with Gasteiger partial charge in [0.25, 0.3) is 0 Å². The summed E-state index contributed by atoms with van der Waals surface area (Å²) in [5.41, 5.74) is 2.42. The molecule has 0 amide bonds. The van der Waals surface area contributed by atoms with Gasteiger partial charge in [0.15, 0.2) is 0 Å². The van der Waals surface area contributed by atoms with Crippen molar-refractivity contribution in [1.29, 1.82) is 5.26 Å². The third-order valence-corrected chi connectivity index (χ3v) is 3.41. The monoisotopic (exact) mass is 281 g/mol. The molecule has 0 aliphatic carbocycles. The van der Waals surface area contributed by atoms with Gasteiger partial charge in [0.05, 0.1) is 23.4 Å². The molecule has 1 aromatic heterocycles. The van der Waals surface area contributed by atoms with Crippen molar-refractivity contribution in [3.05, 3.63) is 65.5 Å². The zero-order valence-corrected chi connectivity index (χ0v) is 12.1. The lowest BCUT2D eigenvalue weighted by Gasteiger charge is -2.23. The normalized spacial score (nSPS) is 12.1. The largest absolute Gasteiger partial charge is 0.387 e. The Kier molecular flexibility index (Phi) is 5.44. The van der Waals surface area contributed by atoms with E-state index in [1.54, 1.807) is 30.5 Å². The number of likely N-dealkylation sites (N-methyl/N-ethyl adjacent to an activating group) is 1. The molecule has 2 rings (SSSR count). The minimum atomic E-state index is -0.568. The van der Waals surface area contributed by atoms with E-state index in [1.807, 2.05) is 18.2 Å². The Morgan fingerprint density at radius 1 is 1.24 bits per heavy atom. The molecule has 1 aromatic carbocycles. The maximum atomic E-state index is 10.3.